The number of carboxylic acid groups (broad SMARTS) is 2. The first-order valence-electron chi connectivity index (χ1n) is 9.53. The van der Waals surface area contributed by atoms with E-state index in [1.54, 1.807) is 6.07 Å². The van der Waals surface area contributed by atoms with E-state index in [4.69, 9.17) is 26.2 Å². The number of nitrogens with two attached hydrogens (primary N) is 2. The van der Waals surface area contributed by atoms with Crippen molar-refractivity contribution in [1.82, 2.24) is 4.72 Å². The van der Waals surface area contributed by atoms with Gasteiger partial charge >= 0.3 is 12.1 Å². The molecule has 2 rings (SSSR count). The monoisotopic (exact) mass is 518 g/mol. The summed E-state index contributed by atoms with van der Waals surface area (Å²) in [4.78, 5) is 31.5. The number of carbonyl (C=O) groups excluding carboxylic acids is 2. The number of rotatable bonds is 9. The molecule has 35 heavy (non-hydrogen) atoms. The second kappa shape index (κ2) is 12.5. The molecule has 0 aliphatic rings. The molecular weight excluding hydrogens is 497 g/mol. The van der Waals surface area contributed by atoms with Crippen molar-refractivity contribution in [2.75, 3.05) is 11.9 Å². The van der Waals surface area contributed by atoms with E-state index in [0.29, 0.717) is 11.3 Å². The summed E-state index contributed by atoms with van der Waals surface area (Å²) in [6.45, 7) is 0.0692. The molecule has 0 radical (unpaired) electrons. The molecule has 1 amide bonds. The smallest absolute Gasteiger partial charge is 0.430 e. The number of aliphatic carboxylic acids is 1. The molecule has 15 heteroatoms. The molecular formula is C20H21F3N4O7S. The number of aromatic carboxylic acids is 1. The van der Waals surface area contributed by atoms with Crippen LogP contribution >= 0.6 is 0 Å². The predicted molar refractivity (Wildman–Crippen MR) is 114 cm³/mol. The van der Waals surface area contributed by atoms with Crippen LogP contribution in [0.2, 0.25) is 0 Å². The number of halogens is 3. The number of alkyl halides is 3. The van der Waals surface area contributed by atoms with Crippen molar-refractivity contribution < 1.29 is 51.6 Å². The SMILES string of the molecule is NC(=[NH2+])c1cccc(S(=O)(=O)NCCCC(=O)Nc2ccc(C(=O)O)cc2)c1.O=C([O-])C(F)(F)F. The van der Waals surface area contributed by atoms with E-state index in [9.17, 15) is 31.2 Å². The van der Waals surface area contributed by atoms with Gasteiger partial charge in [-0.15, -0.1) is 0 Å². The van der Waals surface area contributed by atoms with Gasteiger partial charge in [-0.3, -0.25) is 15.9 Å². The summed E-state index contributed by atoms with van der Waals surface area (Å²) in [5, 5.41) is 25.7. The lowest BCUT2D eigenvalue weighted by Crippen LogP contribution is -2.46. The molecule has 190 valence electrons. The fraction of sp³-hybridized carbons (Fsp3) is 0.200. The first-order chi connectivity index (χ1) is 16.1. The minimum Gasteiger partial charge on any atom is -0.542 e. The van der Waals surface area contributed by atoms with Gasteiger partial charge in [-0.1, -0.05) is 6.07 Å². The zero-order valence-corrected chi connectivity index (χ0v) is 18.7. The van der Waals surface area contributed by atoms with Crippen LogP contribution in [0.25, 0.3) is 0 Å². The lowest BCUT2D eigenvalue weighted by molar-refractivity contribution is -0.344. The zero-order valence-electron chi connectivity index (χ0n) is 17.8. The summed E-state index contributed by atoms with van der Waals surface area (Å²) in [5.74, 6) is -4.35. The molecule has 0 aliphatic heterocycles. The Morgan fingerprint density at radius 3 is 2.11 bits per heavy atom. The van der Waals surface area contributed by atoms with Crippen LogP contribution in [0.4, 0.5) is 18.9 Å². The van der Waals surface area contributed by atoms with Crippen LogP contribution in [-0.4, -0.2) is 49.9 Å². The van der Waals surface area contributed by atoms with Gasteiger partial charge in [0.05, 0.1) is 16.0 Å². The van der Waals surface area contributed by atoms with E-state index in [0.717, 1.165) is 0 Å². The van der Waals surface area contributed by atoms with Crippen molar-refractivity contribution in [2.24, 2.45) is 5.73 Å². The number of amides is 1. The maximum atomic E-state index is 12.3. The molecule has 0 unspecified atom stereocenters. The third-order valence-electron chi connectivity index (χ3n) is 4.00. The van der Waals surface area contributed by atoms with Gasteiger partial charge in [0.15, 0.2) is 0 Å². The number of anilines is 1. The van der Waals surface area contributed by atoms with E-state index in [2.05, 4.69) is 10.0 Å². The largest absolute Gasteiger partial charge is 0.542 e. The van der Waals surface area contributed by atoms with Gasteiger partial charge in [0.2, 0.25) is 15.9 Å². The van der Waals surface area contributed by atoms with Crippen molar-refractivity contribution in [3.05, 3.63) is 59.7 Å². The molecule has 0 saturated carbocycles. The van der Waals surface area contributed by atoms with Crippen molar-refractivity contribution in [2.45, 2.75) is 23.9 Å². The molecule has 0 saturated heterocycles. The Balaban J connectivity index is 0.000000762. The molecule has 0 aromatic heterocycles. The summed E-state index contributed by atoms with van der Waals surface area (Å²) >= 11 is 0. The third kappa shape index (κ3) is 10.2. The van der Waals surface area contributed by atoms with Gasteiger partial charge in [-0.25, -0.2) is 17.9 Å². The van der Waals surface area contributed by atoms with Crippen LogP contribution in [-0.2, 0) is 19.6 Å². The Bertz CT molecular complexity index is 1180. The highest BCUT2D eigenvalue weighted by atomic mass is 32.2. The highest BCUT2D eigenvalue weighted by Crippen LogP contribution is 2.13. The Morgan fingerprint density at radius 1 is 1.06 bits per heavy atom. The standard InChI is InChI=1S/C18H20N4O5S.C2HF3O2/c19-17(20)13-3-1-4-15(11-13)28(26,27)21-10-2-5-16(23)22-14-8-6-12(7-9-14)18(24)25;3-2(4,5)1(6)7/h1,3-4,6-9,11,21H,2,5,10H2,(H3,19,20)(H,22,23)(H,24,25);(H,6,7). The van der Waals surface area contributed by atoms with Gasteiger partial charge in [-0.2, -0.15) is 13.2 Å². The molecule has 0 bridgehead atoms. The normalized spacial score (nSPS) is 11.1. The number of carbonyl (C=O) groups is 3. The average Bonchev–Trinajstić information content (AvgIpc) is 2.77. The van der Waals surface area contributed by atoms with Gasteiger partial charge in [0.25, 0.3) is 5.84 Å². The number of amidine groups is 1. The first kappa shape index (κ1) is 29.1. The fourth-order valence-electron chi connectivity index (χ4n) is 2.30. The van der Waals surface area contributed by atoms with Crippen LogP contribution < -0.4 is 26.3 Å². The summed E-state index contributed by atoms with van der Waals surface area (Å²) in [6, 6.07) is 11.6. The maximum Gasteiger partial charge on any atom is 0.430 e. The van der Waals surface area contributed by atoms with Crippen LogP contribution in [0.5, 0.6) is 0 Å². The fourth-order valence-corrected chi connectivity index (χ4v) is 3.42. The van der Waals surface area contributed by atoms with Gasteiger partial charge in [0, 0.05) is 18.7 Å². The molecule has 0 atom stereocenters. The number of carboxylic acids is 2. The molecule has 2 aromatic carbocycles. The second-order valence-corrected chi connectivity index (χ2v) is 8.47. The van der Waals surface area contributed by atoms with Crippen LogP contribution in [0, 0.1) is 0 Å². The number of nitrogens with one attached hydrogen (secondary N) is 2. The Morgan fingerprint density at radius 2 is 1.63 bits per heavy atom. The molecule has 7 N–H and O–H groups in total. The molecule has 2 aromatic rings. The molecule has 0 aliphatic carbocycles. The van der Waals surface area contributed by atoms with E-state index in [1.165, 1.54) is 42.5 Å². The highest BCUT2D eigenvalue weighted by Gasteiger charge is 2.28. The first-order valence-corrected chi connectivity index (χ1v) is 11.0. The maximum absolute atomic E-state index is 12.3. The van der Waals surface area contributed by atoms with Crippen molar-refractivity contribution in [3.8, 4) is 0 Å². The van der Waals surface area contributed by atoms with E-state index >= 15 is 0 Å². The summed E-state index contributed by atoms with van der Waals surface area (Å²) in [7, 11) is -3.75. The van der Waals surface area contributed by atoms with Crippen molar-refractivity contribution in [3.63, 3.8) is 0 Å². The van der Waals surface area contributed by atoms with Gasteiger partial charge < -0.3 is 20.3 Å². The number of benzene rings is 2. The third-order valence-corrected chi connectivity index (χ3v) is 5.46. The van der Waals surface area contributed by atoms with Crippen molar-refractivity contribution in [1.29, 1.82) is 0 Å². The molecule has 0 fully saturated rings. The summed E-state index contributed by atoms with van der Waals surface area (Å²) in [5.41, 5.74) is 6.46. The Labute approximate surface area is 197 Å². The van der Waals surface area contributed by atoms with Gasteiger partial charge in [0.1, 0.15) is 5.97 Å². The topological polar surface area (TPSA) is 204 Å². The van der Waals surface area contributed by atoms with E-state index < -0.39 is 28.1 Å². The lowest BCUT2D eigenvalue weighted by Gasteiger charge is -2.08. The highest BCUT2D eigenvalue weighted by molar-refractivity contribution is 7.89. The van der Waals surface area contributed by atoms with Crippen LogP contribution in [0.1, 0.15) is 28.8 Å². The van der Waals surface area contributed by atoms with E-state index in [1.807, 2.05) is 0 Å². The summed E-state index contributed by atoms with van der Waals surface area (Å²) < 4.78 is 58.5. The van der Waals surface area contributed by atoms with E-state index in [-0.39, 0.29) is 41.6 Å². The zero-order chi connectivity index (χ0) is 26.8. The number of hydrogen-bond acceptors (Lipinski definition) is 6. The Kier molecular flexibility index (Phi) is 10.4. The van der Waals surface area contributed by atoms with Crippen LogP contribution in [0.15, 0.2) is 53.4 Å². The minimum absolute atomic E-state index is 0.0186. The summed E-state index contributed by atoms with van der Waals surface area (Å²) in [6.07, 6.45) is -4.82. The quantitative estimate of drug-likeness (QED) is 0.155. The number of hydrogen-bond donors (Lipinski definition) is 5. The molecule has 11 nitrogen and oxygen atoms in total. The average molecular weight is 518 g/mol. The van der Waals surface area contributed by atoms with Gasteiger partial charge in [-0.05, 0) is 48.9 Å². The predicted octanol–water partition coefficient (Wildman–Crippen LogP) is -1.15. The molecule has 0 spiro atoms. The second-order valence-electron chi connectivity index (χ2n) is 6.70. The Hall–Kier alpha value is -3.98. The number of sulfonamides is 1. The van der Waals surface area contributed by atoms with Crippen molar-refractivity contribution >= 4 is 39.4 Å². The van der Waals surface area contributed by atoms with Crippen LogP contribution in [0.3, 0.4) is 0 Å². The minimum atomic E-state index is -5.19. The lowest BCUT2D eigenvalue weighted by atomic mass is 10.2. The molecule has 0 heterocycles.